The summed E-state index contributed by atoms with van der Waals surface area (Å²) in [6.07, 6.45) is -1.60. The van der Waals surface area contributed by atoms with Gasteiger partial charge in [-0.1, -0.05) is 11.6 Å². The molecule has 1 aromatic rings. The highest BCUT2D eigenvalue weighted by atomic mass is 35.5. The molecular formula is C10H13ClN2O5S. The molecule has 0 fully saturated rings. The molecule has 7 nitrogen and oxygen atoms in total. The monoisotopic (exact) mass is 308 g/mol. The molecule has 0 radical (unpaired) electrons. The lowest BCUT2D eigenvalue weighted by Crippen LogP contribution is -2.37. The van der Waals surface area contributed by atoms with Crippen molar-refractivity contribution in [3.05, 3.63) is 23.2 Å². The molecule has 0 aliphatic heterocycles. The van der Waals surface area contributed by atoms with Crippen molar-refractivity contribution in [1.29, 1.82) is 0 Å². The Balaban J connectivity index is 2.87. The first-order valence-electron chi connectivity index (χ1n) is 5.08. The number of sulfonamides is 1. The van der Waals surface area contributed by atoms with Crippen LogP contribution >= 0.6 is 11.6 Å². The zero-order valence-electron chi connectivity index (χ0n) is 9.96. The van der Waals surface area contributed by atoms with E-state index in [0.717, 1.165) is 7.11 Å². The summed E-state index contributed by atoms with van der Waals surface area (Å²) >= 11 is 5.69. The molecule has 0 bridgehead atoms. The van der Waals surface area contributed by atoms with Crippen LogP contribution in [0.1, 0.15) is 0 Å². The van der Waals surface area contributed by atoms with E-state index in [9.17, 15) is 18.3 Å². The second-order valence-electron chi connectivity index (χ2n) is 3.57. The predicted octanol–water partition coefficient (Wildman–Crippen LogP) is -0.266. The van der Waals surface area contributed by atoms with E-state index in [1.807, 2.05) is 4.72 Å². The summed E-state index contributed by atoms with van der Waals surface area (Å²) in [5.74, 6) is -0.943. The van der Waals surface area contributed by atoms with E-state index >= 15 is 0 Å². The van der Waals surface area contributed by atoms with Crippen LogP contribution in [-0.4, -0.2) is 39.3 Å². The Bertz CT molecular complexity index is 575. The Hall–Kier alpha value is -1.35. The molecule has 4 N–H and O–H groups in total. The van der Waals surface area contributed by atoms with Gasteiger partial charge in [0.2, 0.25) is 10.0 Å². The third-order valence-electron chi connectivity index (χ3n) is 2.21. The molecule has 0 aliphatic rings. The fraction of sp³-hybridized carbons (Fsp3) is 0.300. The lowest BCUT2D eigenvalue weighted by molar-refractivity contribution is -0.149. The number of ether oxygens (including phenoxy) is 1. The molecule has 9 heteroatoms. The third-order valence-corrected chi connectivity index (χ3v) is 3.92. The van der Waals surface area contributed by atoms with E-state index in [2.05, 4.69) is 4.74 Å². The van der Waals surface area contributed by atoms with Gasteiger partial charge in [0.25, 0.3) is 0 Å². The largest absolute Gasteiger partial charge is 0.467 e. The average Bonchev–Trinajstić information content (AvgIpc) is 2.37. The lowest BCUT2D eigenvalue weighted by Gasteiger charge is -2.12. The van der Waals surface area contributed by atoms with Crippen molar-refractivity contribution in [2.24, 2.45) is 0 Å². The van der Waals surface area contributed by atoms with Gasteiger partial charge in [0, 0.05) is 11.6 Å². The topological polar surface area (TPSA) is 119 Å². The minimum absolute atomic E-state index is 0.00413. The molecule has 0 amide bonds. The Morgan fingerprint density at radius 1 is 1.58 bits per heavy atom. The first kappa shape index (κ1) is 15.7. The summed E-state index contributed by atoms with van der Waals surface area (Å²) in [6, 6.07) is 3.95. The van der Waals surface area contributed by atoms with Crippen LogP contribution in [0.2, 0.25) is 5.02 Å². The van der Waals surface area contributed by atoms with Gasteiger partial charge >= 0.3 is 5.97 Å². The van der Waals surface area contributed by atoms with Gasteiger partial charge in [0.15, 0.2) is 6.10 Å². The van der Waals surface area contributed by atoms with Crippen molar-refractivity contribution < 1.29 is 23.1 Å². The highest BCUT2D eigenvalue weighted by Gasteiger charge is 2.22. The number of nitrogens with two attached hydrogens (primary N) is 1. The quantitative estimate of drug-likeness (QED) is 0.509. The van der Waals surface area contributed by atoms with Crippen molar-refractivity contribution in [2.45, 2.75) is 11.0 Å². The van der Waals surface area contributed by atoms with Gasteiger partial charge in [0.1, 0.15) is 4.90 Å². The fourth-order valence-corrected chi connectivity index (χ4v) is 2.66. The number of carbonyl (C=O) groups is 1. The van der Waals surface area contributed by atoms with E-state index in [0.29, 0.717) is 0 Å². The number of hydrogen-bond donors (Lipinski definition) is 3. The fourth-order valence-electron chi connectivity index (χ4n) is 1.23. The maximum Gasteiger partial charge on any atom is 0.336 e. The molecule has 0 aromatic heterocycles. The molecule has 1 atom stereocenters. The SMILES string of the molecule is COC(=O)C(O)CNS(=O)(=O)c1cc(Cl)ccc1N. The van der Waals surface area contributed by atoms with Crippen LogP contribution in [0, 0.1) is 0 Å². The normalized spacial score (nSPS) is 13.0. The van der Waals surface area contributed by atoms with Gasteiger partial charge in [0.05, 0.1) is 12.8 Å². The molecule has 0 saturated heterocycles. The predicted molar refractivity (Wildman–Crippen MR) is 69.1 cm³/mol. The molecule has 0 heterocycles. The summed E-state index contributed by atoms with van der Waals surface area (Å²) in [7, 11) is -2.90. The van der Waals surface area contributed by atoms with Gasteiger partial charge in [-0.25, -0.2) is 17.9 Å². The van der Waals surface area contributed by atoms with Crippen LogP contribution in [0.15, 0.2) is 23.1 Å². The highest BCUT2D eigenvalue weighted by molar-refractivity contribution is 7.89. The smallest absolute Gasteiger partial charge is 0.336 e. The Labute approximate surface area is 115 Å². The molecule has 106 valence electrons. The van der Waals surface area contributed by atoms with Crippen molar-refractivity contribution in [1.82, 2.24) is 4.72 Å². The zero-order chi connectivity index (χ0) is 14.6. The van der Waals surface area contributed by atoms with Crippen LogP contribution in [-0.2, 0) is 19.6 Å². The average molecular weight is 309 g/mol. The molecule has 0 spiro atoms. The van der Waals surface area contributed by atoms with Crippen molar-refractivity contribution in [3.63, 3.8) is 0 Å². The van der Waals surface area contributed by atoms with Crippen molar-refractivity contribution in [2.75, 3.05) is 19.4 Å². The maximum atomic E-state index is 11.9. The second-order valence-corrected chi connectivity index (χ2v) is 5.74. The minimum Gasteiger partial charge on any atom is -0.467 e. The molecule has 1 rings (SSSR count). The number of nitrogen functional groups attached to an aromatic ring is 1. The van der Waals surface area contributed by atoms with E-state index in [4.69, 9.17) is 17.3 Å². The summed E-state index contributed by atoms with van der Waals surface area (Å²) in [5.41, 5.74) is 5.54. The van der Waals surface area contributed by atoms with Gasteiger partial charge in [-0.3, -0.25) is 0 Å². The van der Waals surface area contributed by atoms with Gasteiger partial charge < -0.3 is 15.6 Å². The van der Waals surface area contributed by atoms with Crippen molar-refractivity contribution in [3.8, 4) is 0 Å². The number of halogens is 1. The van der Waals surface area contributed by atoms with E-state index in [1.54, 1.807) is 0 Å². The number of esters is 1. The summed E-state index contributed by atoms with van der Waals surface area (Å²) in [5, 5.41) is 9.49. The van der Waals surface area contributed by atoms with Crippen LogP contribution in [0.5, 0.6) is 0 Å². The summed E-state index contributed by atoms with van der Waals surface area (Å²) in [4.78, 5) is 10.7. The first-order valence-corrected chi connectivity index (χ1v) is 6.94. The molecule has 1 unspecified atom stereocenters. The number of aliphatic hydroxyl groups is 1. The molecule has 0 saturated carbocycles. The van der Waals surface area contributed by atoms with Gasteiger partial charge in [-0.05, 0) is 18.2 Å². The number of methoxy groups -OCH3 is 1. The molecule has 19 heavy (non-hydrogen) atoms. The van der Waals surface area contributed by atoms with Gasteiger partial charge in [-0.15, -0.1) is 0 Å². The maximum absolute atomic E-state index is 11.9. The number of anilines is 1. The standard InChI is InChI=1S/C10H13ClN2O5S/c1-18-10(15)8(14)5-13-19(16,17)9-4-6(11)2-3-7(9)12/h2-4,8,13-14H,5,12H2,1H3. The van der Waals surface area contributed by atoms with E-state index < -0.39 is 28.6 Å². The number of benzene rings is 1. The second kappa shape index (κ2) is 6.20. The van der Waals surface area contributed by atoms with Crippen LogP contribution in [0.3, 0.4) is 0 Å². The molecule has 1 aromatic carbocycles. The lowest BCUT2D eigenvalue weighted by atomic mass is 10.3. The summed E-state index contributed by atoms with van der Waals surface area (Å²) < 4.78 is 30.1. The molecular weight excluding hydrogens is 296 g/mol. The van der Waals surface area contributed by atoms with E-state index in [1.165, 1.54) is 18.2 Å². The minimum atomic E-state index is -3.98. The van der Waals surface area contributed by atoms with Crippen LogP contribution in [0.25, 0.3) is 0 Å². The Morgan fingerprint density at radius 3 is 2.79 bits per heavy atom. The van der Waals surface area contributed by atoms with Gasteiger partial charge in [-0.2, -0.15) is 0 Å². The number of hydrogen-bond acceptors (Lipinski definition) is 6. The molecule has 0 aliphatic carbocycles. The van der Waals surface area contributed by atoms with E-state index in [-0.39, 0.29) is 15.6 Å². The number of carbonyl (C=O) groups excluding carboxylic acids is 1. The Kier molecular flexibility index (Phi) is 5.12. The summed E-state index contributed by atoms with van der Waals surface area (Å²) in [6.45, 7) is -0.527. The third kappa shape index (κ3) is 4.06. The first-order chi connectivity index (χ1) is 8.77. The number of aliphatic hydroxyl groups excluding tert-OH is 1. The van der Waals surface area contributed by atoms with Crippen LogP contribution < -0.4 is 10.5 Å². The van der Waals surface area contributed by atoms with Crippen LogP contribution in [0.4, 0.5) is 5.69 Å². The zero-order valence-corrected chi connectivity index (χ0v) is 11.5. The highest BCUT2D eigenvalue weighted by Crippen LogP contribution is 2.22. The number of nitrogens with one attached hydrogen (secondary N) is 1. The Morgan fingerprint density at radius 2 is 2.21 bits per heavy atom. The van der Waals surface area contributed by atoms with Crippen molar-refractivity contribution >= 4 is 33.3 Å². The number of rotatable bonds is 5.